The molecule has 0 saturated carbocycles. The van der Waals surface area contributed by atoms with Crippen molar-refractivity contribution in [2.45, 2.75) is 57.3 Å². The van der Waals surface area contributed by atoms with Gasteiger partial charge in [0.25, 0.3) is 0 Å². The van der Waals surface area contributed by atoms with E-state index in [1.54, 1.807) is 6.08 Å². The second-order valence-electron chi connectivity index (χ2n) is 7.35. The summed E-state index contributed by atoms with van der Waals surface area (Å²) in [5, 5.41) is 0.0738. The van der Waals surface area contributed by atoms with E-state index in [1.807, 2.05) is 0 Å². The van der Waals surface area contributed by atoms with Crippen LogP contribution in [0.1, 0.15) is 33.6 Å². The number of rotatable bonds is 6. The summed E-state index contributed by atoms with van der Waals surface area (Å²) in [7, 11) is -7.51. The molecule has 0 N–H and O–H groups in total. The van der Waals surface area contributed by atoms with Crippen molar-refractivity contribution in [2.24, 2.45) is 5.92 Å². The smallest absolute Gasteiger partial charge is 0.417 e. The minimum Gasteiger partial charge on any atom is -0.417 e. The third-order valence-electron chi connectivity index (χ3n) is 4.37. The quantitative estimate of drug-likeness (QED) is 0.376. The molecule has 0 spiro atoms. The fraction of sp³-hybridized carbons (Fsp3) is 0.733. The van der Waals surface area contributed by atoms with E-state index in [2.05, 4.69) is 38.0 Å². The molecular formula is C15H25F3O4SSi. The lowest BCUT2D eigenvalue weighted by Crippen LogP contribution is -2.41. The van der Waals surface area contributed by atoms with Crippen LogP contribution in [0.2, 0.25) is 18.1 Å². The molecule has 1 unspecified atom stereocenters. The van der Waals surface area contributed by atoms with Crippen LogP contribution < -0.4 is 0 Å². The molecule has 4 nitrogen and oxygen atoms in total. The van der Waals surface area contributed by atoms with Crippen molar-refractivity contribution in [1.29, 1.82) is 0 Å². The van der Waals surface area contributed by atoms with Crippen molar-refractivity contribution in [3.8, 4) is 0 Å². The molecule has 0 bridgehead atoms. The van der Waals surface area contributed by atoms with E-state index in [4.69, 9.17) is 4.43 Å². The Kier molecular flexibility index (Phi) is 6.38. The van der Waals surface area contributed by atoms with Gasteiger partial charge >= 0.3 is 15.6 Å². The normalized spacial score (nSPS) is 20.0. The molecule has 0 heterocycles. The molecule has 1 rings (SSSR count). The Morgan fingerprint density at radius 1 is 1.25 bits per heavy atom. The topological polar surface area (TPSA) is 52.6 Å². The number of alkyl halides is 3. The van der Waals surface area contributed by atoms with Crippen LogP contribution >= 0.6 is 0 Å². The number of hydrogen-bond donors (Lipinski definition) is 0. The Morgan fingerprint density at radius 3 is 2.33 bits per heavy atom. The second kappa shape index (κ2) is 7.21. The fourth-order valence-electron chi connectivity index (χ4n) is 1.83. The lowest BCUT2D eigenvalue weighted by atomic mass is 9.97. The first-order valence-electron chi connectivity index (χ1n) is 7.69. The highest BCUT2D eigenvalue weighted by molar-refractivity contribution is 7.87. The zero-order valence-corrected chi connectivity index (χ0v) is 16.4. The first-order valence-corrected chi connectivity index (χ1v) is 12.0. The second-order valence-corrected chi connectivity index (χ2v) is 13.7. The predicted octanol–water partition coefficient (Wildman–Crippen LogP) is 4.72. The van der Waals surface area contributed by atoms with Crippen LogP contribution in [0.5, 0.6) is 0 Å². The number of hydrogen-bond acceptors (Lipinski definition) is 4. The molecule has 0 radical (unpaired) electrons. The highest BCUT2D eigenvalue weighted by Gasteiger charge is 2.48. The molecule has 0 fully saturated rings. The molecule has 0 aliphatic heterocycles. The van der Waals surface area contributed by atoms with E-state index in [9.17, 15) is 21.6 Å². The van der Waals surface area contributed by atoms with E-state index < -0.39 is 23.9 Å². The molecule has 0 amide bonds. The Labute approximate surface area is 143 Å². The lowest BCUT2D eigenvalue weighted by Gasteiger charge is -2.36. The summed E-state index contributed by atoms with van der Waals surface area (Å²) in [4.78, 5) is 0. The van der Waals surface area contributed by atoms with Crippen molar-refractivity contribution in [3.05, 3.63) is 24.0 Å². The monoisotopic (exact) mass is 386 g/mol. The molecule has 1 atom stereocenters. The third kappa shape index (κ3) is 5.63. The number of halogens is 3. The molecule has 1 aliphatic rings. The molecule has 0 aromatic rings. The van der Waals surface area contributed by atoms with Crippen molar-refractivity contribution >= 4 is 18.4 Å². The SMILES string of the molecule is CC(C)(C)[Si](C)(C)OCCC1C=C(OS(=O)(=O)C(F)(F)F)C=CC1. The van der Waals surface area contributed by atoms with Crippen molar-refractivity contribution in [2.75, 3.05) is 6.61 Å². The maximum absolute atomic E-state index is 12.4. The first-order chi connectivity index (χ1) is 10.7. The van der Waals surface area contributed by atoms with Crippen LogP contribution in [-0.4, -0.2) is 28.9 Å². The Hall–Kier alpha value is -0.803. The van der Waals surface area contributed by atoms with Gasteiger partial charge in [0, 0.05) is 6.61 Å². The fourth-order valence-corrected chi connectivity index (χ4v) is 3.35. The zero-order chi connectivity index (χ0) is 18.8. The Bertz CT molecular complexity index is 601. The van der Waals surface area contributed by atoms with Gasteiger partial charge in [0.15, 0.2) is 8.32 Å². The Balaban J connectivity index is 2.64. The highest BCUT2D eigenvalue weighted by atomic mass is 32.2. The lowest BCUT2D eigenvalue weighted by molar-refractivity contribution is -0.0520. The van der Waals surface area contributed by atoms with Crippen LogP contribution in [0, 0.1) is 5.92 Å². The van der Waals surface area contributed by atoms with Crippen LogP contribution in [-0.2, 0) is 18.7 Å². The molecule has 9 heteroatoms. The van der Waals surface area contributed by atoms with Gasteiger partial charge < -0.3 is 8.61 Å². The van der Waals surface area contributed by atoms with Crippen LogP contribution in [0.4, 0.5) is 13.2 Å². The average Bonchev–Trinajstić information content (AvgIpc) is 2.35. The first kappa shape index (κ1) is 21.2. The van der Waals surface area contributed by atoms with Gasteiger partial charge in [-0.05, 0) is 49.0 Å². The molecule has 0 aromatic carbocycles. The summed E-state index contributed by atoms with van der Waals surface area (Å²) < 4.78 is 69.3. The van der Waals surface area contributed by atoms with Gasteiger partial charge in [0.1, 0.15) is 5.76 Å². The summed E-state index contributed by atoms with van der Waals surface area (Å²) in [6.45, 7) is 11.1. The highest BCUT2D eigenvalue weighted by Crippen LogP contribution is 2.37. The van der Waals surface area contributed by atoms with Gasteiger partial charge in [-0.1, -0.05) is 26.8 Å². The molecule has 0 aromatic heterocycles. The summed E-state index contributed by atoms with van der Waals surface area (Å²) in [5.41, 5.74) is -5.43. The molecule has 1 aliphatic carbocycles. The summed E-state index contributed by atoms with van der Waals surface area (Å²) in [5.74, 6) is -0.408. The largest absolute Gasteiger partial charge is 0.534 e. The standard InChI is InChI=1S/C15H25F3O4SSi/c1-14(2,3)24(4,5)21-10-9-12-7-6-8-13(11-12)22-23(19,20)15(16,17)18/h6,8,11-12H,7,9-10H2,1-5H3. The summed E-state index contributed by atoms with van der Waals surface area (Å²) >= 11 is 0. The van der Waals surface area contributed by atoms with Crippen LogP contribution in [0.3, 0.4) is 0 Å². The molecule has 0 saturated heterocycles. The van der Waals surface area contributed by atoms with Crippen molar-refractivity contribution < 1.29 is 30.2 Å². The van der Waals surface area contributed by atoms with Gasteiger partial charge in [0.2, 0.25) is 0 Å². The van der Waals surface area contributed by atoms with Crippen LogP contribution in [0.25, 0.3) is 0 Å². The summed E-state index contributed by atoms with van der Waals surface area (Å²) in [6.07, 6.45) is 5.47. The molecule has 24 heavy (non-hydrogen) atoms. The molecular weight excluding hydrogens is 361 g/mol. The van der Waals surface area contributed by atoms with Crippen molar-refractivity contribution in [3.63, 3.8) is 0 Å². The van der Waals surface area contributed by atoms with Gasteiger partial charge in [-0.3, -0.25) is 0 Å². The number of allylic oxidation sites excluding steroid dienone is 3. The minimum atomic E-state index is -5.63. The van der Waals surface area contributed by atoms with Gasteiger partial charge in [0.05, 0.1) is 0 Å². The maximum Gasteiger partial charge on any atom is 0.534 e. The van der Waals surface area contributed by atoms with Crippen LogP contribution in [0.15, 0.2) is 24.0 Å². The van der Waals surface area contributed by atoms with Gasteiger partial charge in [-0.25, -0.2) is 0 Å². The van der Waals surface area contributed by atoms with E-state index in [0.717, 1.165) is 0 Å². The van der Waals surface area contributed by atoms with Gasteiger partial charge in [-0.2, -0.15) is 21.6 Å². The maximum atomic E-state index is 12.4. The minimum absolute atomic E-state index is 0.0738. The predicted molar refractivity (Wildman–Crippen MR) is 89.2 cm³/mol. The van der Waals surface area contributed by atoms with E-state index in [0.29, 0.717) is 19.4 Å². The van der Waals surface area contributed by atoms with Gasteiger partial charge in [-0.15, -0.1) is 0 Å². The Morgan fingerprint density at radius 2 is 1.83 bits per heavy atom. The van der Waals surface area contributed by atoms with Crippen molar-refractivity contribution in [1.82, 2.24) is 0 Å². The van der Waals surface area contributed by atoms with E-state index in [1.165, 1.54) is 12.2 Å². The molecule has 140 valence electrons. The third-order valence-corrected chi connectivity index (χ3v) is 9.89. The average molecular weight is 387 g/mol. The van der Waals surface area contributed by atoms with E-state index >= 15 is 0 Å². The zero-order valence-electron chi connectivity index (χ0n) is 14.6. The van der Waals surface area contributed by atoms with E-state index in [-0.39, 0.29) is 16.7 Å². The summed E-state index contributed by atoms with van der Waals surface area (Å²) in [6, 6.07) is 0.